The second kappa shape index (κ2) is 10.1. The van der Waals surface area contributed by atoms with Crippen LogP contribution in [-0.4, -0.2) is 4.57 Å². The van der Waals surface area contributed by atoms with E-state index in [-0.39, 0.29) is 22.5 Å². The Bertz CT molecular complexity index is 2310. The molecule has 204 valence electrons. The van der Waals surface area contributed by atoms with E-state index < -0.39 is 13.7 Å². The Hall–Kier alpha value is -5.02. The molecule has 0 aliphatic heterocycles. The maximum atomic E-state index is 14.1. The Labute approximate surface area is 254 Å². The average molecular weight is 554 g/mol. The normalized spacial score (nSPS) is 14.2. The summed E-state index contributed by atoms with van der Waals surface area (Å²) in [6.07, 6.45) is 2.04. The molecule has 0 aliphatic carbocycles. The molecule has 0 spiro atoms. The van der Waals surface area contributed by atoms with Crippen molar-refractivity contribution in [3.63, 3.8) is 0 Å². The maximum Gasteiger partial charge on any atom is 0.213 e. The van der Waals surface area contributed by atoms with Gasteiger partial charge in [-0.15, -0.1) is 0 Å². The molecule has 5 aromatic carbocycles. The molecule has 0 aliphatic rings. The van der Waals surface area contributed by atoms with Crippen LogP contribution in [0.25, 0.3) is 61.0 Å². The number of halogens is 1. The van der Waals surface area contributed by atoms with Crippen LogP contribution < -0.4 is 4.57 Å². The van der Waals surface area contributed by atoms with E-state index in [9.17, 15) is 4.39 Å². The summed E-state index contributed by atoms with van der Waals surface area (Å²) in [6.45, 7) is -3.30. The molecule has 0 N–H and O–H groups in total. The van der Waals surface area contributed by atoms with Crippen LogP contribution in [0.4, 0.5) is 4.39 Å². The zero-order chi connectivity index (χ0) is 34.0. The van der Waals surface area contributed by atoms with E-state index in [4.69, 9.17) is 8.22 Å². The van der Waals surface area contributed by atoms with Gasteiger partial charge >= 0.3 is 0 Å². The Kier molecular flexibility index (Phi) is 4.80. The largest absolute Gasteiger partial charge is 0.304 e. The van der Waals surface area contributed by atoms with E-state index in [1.807, 2.05) is 104 Å². The molecule has 0 fully saturated rings. The van der Waals surface area contributed by atoms with E-state index in [0.29, 0.717) is 11.1 Å². The summed E-state index contributed by atoms with van der Waals surface area (Å²) < 4.78 is 69.4. The zero-order valence-electron chi connectivity index (χ0n) is 29.3. The Morgan fingerprint density at radius 2 is 1.33 bits per heavy atom. The molecule has 3 heteroatoms. The van der Waals surface area contributed by atoms with E-state index >= 15 is 0 Å². The van der Waals surface area contributed by atoms with Gasteiger partial charge in [-0.3, -0.25) is 0 Å². The molecule has 0 amide bonds. The molecule has 42 heavy (non-hydrogen) atoms. The number of benzene rings is 5. The minimum absolute atomic E-state index is 0.0184. The Morgan fingerprint density at radius 1 is 0.643 bits per heavy atom. The Morgan fingerprint density at radius 3 is 2.02 bits per heavy atom. The summed E-state index contributed by atoms with van der Waals surface area (Å²) in [5.41, 5.74) is 7.18. The van der Waals surface area contributed by atoms with Gasteiger partial charge < -0.3 is 4.57 Å². The van der Waals surface area contributed by atoms with Crippen LogP contribution in [0, 0.1) is 26.4 Å². The molecule has 0 bridgehead atoms. The van der Waals surface area contributed by atoms with Gasteiger partial charge in [0.1, 0.15) is 18.4 Å². The number of aryl methyl sites for hydroxylation is 4. The van der Waals surface area contributed by atoms with Gasteiger partial charge in [-0.05, 0) is 102 Å². The van der Waals surface area contributed by atoms with Crippen LogP contribution >= 0.6 is 0 Å². The average Bonchev–Trinajstić information content (AvgIpc) is 3.36. The van der Waals surface area contributed by atoms with Crippen molar-refractivity contribution in [2.24, 2.45) is 7.05 Å². The molecule has 2 heterocycles. The topological polar surface area (TPSA) is 8.81 Å². The number of nitrogens with zero attached hydrogens (tertiary/aromatic N) is 2. The predicted octanol–water partition coefficient (Wildman–Crippen LogP) is 9.67. The molecule has 0 atom stereocenters. The summed E-state index contributed by atoms with van der Waals surface area (Å²) >= 11 is 0. The summed E-state index contributed by atoms with van der Waals surface area (Å²) in [6, 6.07) is 34.8. The number of pyridine rings is 1. The second-order valence-electron chi connectivity index (χ2n) is 10.7. The lowest BCUT2D eigenvalue weighted by molar-refractivity contribution is -0.659. The third-order valence-electron chi connectivity index (χ3n) is 8.03. The summed E-state index contributed by atoms with van der Waals surface area (Å²) in [7, 11) is 1.95. The first-order chi connectivity index (χ1) is 22.8. The monoisotopic (exact) mass is 553 g/mol. The molecule has 2 aromatic heterocycles. The molecule has 0 radical (unpaired) electrons. The first-order valence-electron chi connectivity index (χ1n) is 16.9. The first kappa shape index (κ1) is 20.0. The lowest BCUT2D eigenvalue weighted by Gasteiger charge is -2.14. The quantitative estimate of drug-likeness (QED) is 0.192. The fraction of sp³-hybridized carbons (Fsp3) is 0.103. The van der Waals surface area contributed by atoms with Crippen molar-refractivity contribution >= 4 is 21.8 Å². The number of para-hydroxylation sites is 1. The summed E-state index contributed by atoms with van der Waals surface area (Å²) in [5.74, 6) is -0.307. The molecular weight excluding hydrogens is 515 g/mol. The van der Waals surface area contributed by atoms with Crippen molar-refractivity contribution in [1.29, 1.82) is 0 Å². The minimum Gasteiger partial charge on any atom is -0.304 e. The van der Waals surface area contributed by atoms with Crippen molar-refractivity contribution < 1.29 is 17.2 Å². The number of rotatable bonds is 4. The van der Waals surface area contributed by atoms with E-state index in [2.05, 4.69) is 10.6 Å². The van der Waals surface area contributed by atoms with Gasteiger partial charge in [0.15, 0.2) is 6.20 Å². The lowest BCUT2D eigenvalue weighted by atomic mass is 9.91. The molecular formula is C39H32FN2+. The van der Waals surface area contributed by atoms with Gasteiger partial charge in [-0.2, -0.15) is 4.57 Å². The fourth-order valence-electron chi connectivity index (χ4n) is 6.05. The number of hydrogen-bond donors (Lipinski definition) is 0. The van der Waals surface area contributed by atoms with Gasteiger partial charge in [0, 0.05) is 36.3 Å². The highest BCUT2D eigenvalue weighted by molar-refractivity contribution is 6.11. The molecule has 7 aromatic rings. The van der Waals surface area contributed by atoms with Gasteiger partial charge in [0.05, 0.1) is 5.52 Å². The summed E-state index contributed by atoms with van der Waals surface area (Å²) in [5, 5.41) is 1.72. The molecule has 7 rings (SSSR count). The van der Waals surface area contributed by atoms with Crippen molar-refractivity contribution in [2.45, 2.75) is 20.6 Å². The molecule has 0 unspecified atom stereocenters. The van der Waals surface area contributed by atoms with Gasteiger partial charge in [-0.1, -0.05) is 66.7 Å². The highest BCUT2D eigenvalue weighted by atomic mass is 19.1. The van der Waals surface area contributed by atoms with Gasteiger partial charge in [0.25, 0.3) is 0 Å². The highest BCUT2D eigenvalue weighted by Gasteiger charge is 2.21. The highest BCUT2D eigenvalue weighted by Crippen LogP contribution is 2.38. The third-order valence-corrected chi connectivity index (χ3v) is 8.03. The van der Waals surface area contributed by atoms with Crippen molar-refractivity contribution in [3.8, 4) is 39.2 Å². The van der Waals surface area contributed by atoms with E-state index in [1.54, 1.807) is 18.2 Å². The lowest BCUT2D eigenvalue weighted by Crippen LogP contribution is -2.31. The number of fused-ring (bicyclic) bond motifs is 3. The van der Waals surface area contributed by atoms with Crippen molar-refractivity contribution in [3.05, 3.63) is 144 Å². The number of hydrogen-bond acceptors (Lipinski definition) is 0. The van der Waals surface area contributed by atoms with Crippen molar-refractivity contribution in [2.75, 3.05) is 0 Å². The molecule has 0 saturated carbocycles. The maximum absolute atomic E-state index is 14.1. The minimum atomic E-state index is -2.59. The van der Waals surface area contributed by atoms with Gasteiger partial charge in [-0.25, -0.2) is 4.39 Å². The van der Waals surface area contributed by atoms with Gasteiger partial charge in [0.2, 0.25) is 5.69 Å². The Balaban J connectivity index is 1.57. The zero-order valence-corrected chi connectivity index (χ0v) is 23.3. The predicted molar refractivity (Wildman–Crippen MR) is 172 cm³/mol. The SMILES string of the molecule is [2H]C([2H])([2H])c1cc(-c2ccccc2)cc(C([2H])([2H])[2H])c1-c1ccc2c(c1)c1cc(-c3ccc(F)cc3C)[n+](C)cc1n2-c1ccccc1. The molecule has 2 nitrogen and oxygen atoms in total. The van der Waals surface area contributed by atoms with Crippen LogP contribution in [-0.2, 0) is 7.05 Å². The fourth-order valence-corrected chi connectivity index (χ4v) is 6.05. The number of aromatic nitrogens is 2. The van der Waals surface area contributed by atoms with Crippen molar-refractivity contribution in [1.82, 2.24) is 4.57 Å². The van der Waals surface area contributed by atoms with E-state index in [1.165, 1.54) is 12.1 Å². The van der Waals surface area contributed by atoms with Crippen LogP contribution in [0.2, 0.25) is 0 Å². The van der Waals surface area contributed by atoms with Crippen LogP contribution in [0.15, 0.2) is 121 Å². The third kappa shape index (κ3) is 4.29. The van der Waals surface area contributed by atoms with Crippen LogP contribution in [0.5, 0.6) is 0 Å². The molecule has 0 saturated heterocycles. The second-order valence-corrected chi connectivity index (χ2v) is 10.7. The standard InChI is InChI=1S/C39H32FN2/c1-25-21-31(40)16-17-33(25)37-23-35-34-22-29(39-26(2)19-30(20-27(39)3)28-11-7-5-8-12-28)15-18-36(34)42(38(35)24-41(37)4)32-13-9-6-10-14-32/h5-24H,1-4H3/q+1/i2D3,3D3. The van der Waals surface area contributed by atoms with Crippen LogP contribution in [0.3, 0.4) is 0 Å². The first-order valence-corrected chi connectivity index (χ1v) is 13.9. The summed E-state index contributed by atoms with van der Waals surface area (Å²) in [4.78, 5) is 0. The van der Waals surface area contributed by atoms with E-state index in [0.717, 1.165) is 49.9 Å². The smallest absolute Gasteiger partial charge is 0.213 e. The van der Waals surface area contributed by atoms with Crippen LogP contribution in [0.1, 0.15) is 24.9 Å².